The van der Waals surface area contributed by atoms with Crippen LogP contribution < -0.4 is 11.0 Å². The zero-order valence-corrected chi connectivity index (χ0v) is 12.1. The Morgan fingerprint density at radius 1 is 1.33 bits per heavy atom. The highest BCUT2D eigenvalue weighted by Gasteiger charge is 2.13. The van der Waals surface area contributed by atoms with Gasteiger partial charge in [-0.05, 0) is 25.8 Å². The fourth-order valence-corrected chi connectivity index (χ4v) is 1.98. The lowest BCUT2D eigenvalue weighted by Gasteiger charge is -2.04. The summed E-state index contributed by atoms with van der Waals surface area (Å²) in [4.78, 5) is 23.8. The van der Waals surface area contributed by atoms with Crippen molar-refractivity contribution in [2.75, 3.05) is 0 Å². The molecule has 0 aliphatic rings. The number of hydrogen-bond donors (Lipinski definition) is 2. The van der Waals surface area contributed by atoms with Gasteiger partial charge in [-0.25, -0.2) is 10.5 Å². The van der Waals surface area contributed by atoms with Crippen molar-refractivity contribution in [3.63, 3.8) is 0 Å². The lowest BCUT2D eigenvalue weighted by Crippen LogP contribution is -2.23. The van der Waals surface area contributed by atoms with Gasteiger partial charge in [0.2, 0.25) is 0 Å². The van der Waals surface area contributed by atoms with Crippen LogP contribution >= 0.6 is 0 Å². The zero-order valence-electron chi connectivity index (χ0n) is 12.1. The number of unbranched alkanes of at least 4 members (excludes halogenated alkanes) is 1. The van der Waals surface area contributed by atoms with E-state index in [1.807, 2.05) is 6.92 Å². The summed E-state index contributed by atoms with van der Waals surface area (Å²) >= 11 is 0. The fraction of sp³-hybridized carbons (Fsp3) is 0.333. The van der Waals surface area contributed by atoms with Gasteiger partial charge >= 0.3 is 0 Å². The molecule has 2 rings (SSSR count). The molecule has 0 aliphatic heterocycles. The molecule has 21 heavy (non-hydrogen) atoms. The van der Waals surface area contributed by atoms with Crippen molar-refractivity contribution in [1.82, 2.24) is 15.6 Å². The van der Waals surface area contributed by atoms with Gasteiger partial charge < -0.3 is 0 Å². The van der Waals surface area contributed by atoms with Crippen LogP contribution in [0, 0.1) is 0 Å². The van der Waals surface area contributed by atoms with Crippen molar-refractivity contribution in [1.29, 1.82) is 0 Å². The average Bonchev–Trinajstić information content (AvgIpc) is 2.51. The molecule has 0 spiro atoms. The zero-order chi connectivity index (χ0) is 15.2. The molecule has 0 radical (unpaired) electrons. The molecule has 1 aromatic carbocycles. The highest BCUT2D eigenvalue weighted by molar-refractivity contribution is 6.04. The number of aromatic nitrogens is 2. The molecule has 0 saturated heterocycles. The second-order valence-electron chi connectivity index (χ2n) is 4.84. The van der Waals surface area contributed by atoms with E-state index in [1.54, 1.807) is 24.3 Å². The Labute approximate surface area is 122 Å². The van der Waals surface area contributed by atoms with Gasteiger partial charge in [0.05, 0.1) is 5.39 Å². The summed E-state index contributed by atoms with van der Waals surface area (Å²) in [5.41, 5.74) is 3.19. The summed E-state index contributed by atoms with van der Waals surface area (Å²) in [6.45, 7) is 3.97. The number of hydrogen-bond acceptors (Lipinski definition) is 4. The second-order valence-corrected chi connectivity index (χ2v) is 4.84. The van der Waals surface area contributed by atoms with E-state index in [0.717, 1.165) is 25.0 Å². The molecule has 0 bridgehead atoms. The Kier molecular flexibility index (Phi) is 4.81. The van der Waals surface area contributed by atoms with Crippen molar-refractivity contribution in [2.45, 2.75) is 33.1 Å². The van der Waals surface area contributed by atoms with E-state index < -0.39 is 5.91 Å². The summed E-state index contributed by atoms with van der Waals surface area (Å²) in [5, 5.41) is 11.2. The third-order valence-electron chi connectivity index (χ3n) is 3.15. The molecule has 2 aromatic rings. The summed E-state index contributed by atoms with van der Waals surface area (Å²) in [6, 6.07) is 6.85. The molecule has 0 fully saturated rings. The minimum atomic E-state index is -0.432. The molecule has 0 atom stereocenters. The van der Waals surface area contributed by atoms with Crippen LogP contribution in [-0.2, 0) is 0 Å². The van der Waals surface area contributed by atoms with E-state index in [1.165, 1.54) is 0 Å². The second kappa shape index (κ2) is 6.78. The highest BCUT2D eigenvalue weighted by atomic mass is 16.2. The number of amides is 1. The summed E-state index contributed by atoms with van der Waals surface area (Å²) < 4.78 is 0. The van der Waals surface area contributed by atoms with Gasteiger partial charge in [0.1, 0.15) is 0 Å². The SMILES string of the molecule is CCCC/C(C)=N\NC(=O)c1n[nH]c(=O)c2ccccc12. The topological polar surface area (TPSA) is 87.2 Å². The van der Waals surface area contributed by atoms with Gasteiger partial charge in [-0.15, -0.1) is 0 Å². The van der Waals surface area contributed by atoms with E-state index in [2.05, 4.69) is 27.6 Å². The van der Waals surface area contributed by atoms with Crippen LogP contribution in [0.5, 0.6) is 0 Å². The van der Waals surface area contributed by atoms with Crippen molar-refractivity contribution >= 4 is 22.4 Å². The number of rotatable bonds is 5. The highest BCUT2D eigenvalue weighted by Crippen LogP contribution is 2.12. The Bertz CT molecular complexity index is 734. The Morgan fingerprint density at radius 2 is 2.05 bits per heavy atom. The van der Waals surface area contributed by atoms with Gasteiger partial charge in [0.25, 0.3) is 11.5 Å². The number of aromatic amines is 1. The number of nitrogens with zero attached hydrogens (tertiary/aromatic N) is 2. The van der Waals surface area contributed by atoms with Crippen LogP contribution in [0.1, 0.15) is 43.6 Å². The summed E-state index contributed by atoms with van der Waals surface area (Å²) in [6.07, 6.45) is 2.95. The number of carbonyl (C=O) groups excluding carboxylic acids is 1. The molecule has 0 unspecified atom stereocenters. The quantitative estimate of drug-likeness (QED) is 0.652. The first kappa shape index (κ1) is 14.9. The van der Waals surface area contributed by atoms with Crippen molar-refractivity contribution in [2.24, 2.45) is 5.10 Å². The van der Waals surface area contributed by atoms with Crippen molar-refractivity contribution in [3.8, 4) is 0 Å². The maximum absolute atomic E-state index is 12.1. The maximum atomic E-state index is 12.1. The van der Waals surface area contributed by atoms with E-state index in [0.29, 0.717) is 10.8 Å². The smallest absolute Gasteiger partial charge is 0.267 e. The molecule has 1 amide bonds. The summed E-state index contributed by atoms with van der Waals surface area (Å²) in [5.74, 6) is -0.432. The van der Waals surface area contributed by atoms with E-state index in [-0.39, 0.29) is 11.3 Å². The normalized spacial score (nSPS) is 11.6. The molecular weight excluding hydrogens is 268 g/mol. The first-order valence-corrected chi connectivity index (χ1v) is 6.94. The number of fused-ring (bicyclic) bond motifs is 1. The number of benzene rings is 1. The lowest BCUT2D eigenvalue weighted by atomic mass is 10.1. The molecule has 110 valence electrons. The van der Waals surface area contributed by atoms with E-state index >= 15 is 0 Å². The monoisotopic (exact) mass is 286 g/mol. The molecule has 2 N–H and O–H groups in total. The molecule has 0 saturated carbocycles. The van der Waals surface area contributed by atoms with E-state index in [4.69, 9.17) is 0 Å². The third-order valence-corrected chi connectivity index (χ3v) is 3.15. The number of nitrogens with one attached hydrogen (secondary N) is 2. The third kappa shape index (κ3) is 3.53. The molecule has 0 aliphatic carbocycles. The molecule has 6 heteroatoms. The molecular formula is C15H18N4O2. The lowest BCUT2D eigenvalue weighted by molar-refractivity contribution is 0.0950. The predicted octanol–water partition coefficient (Wildman–Crippen LogP) is 2.22. The number of carbonyl (C=O) groups is 1. The van der Waals surface area contributed by atoms with Crippen LogP contribution in [-0.4, -0.2) is 21.8 Å². The van der Waals surface area contributed by atoms with Crippen LogP contribution in [0.4, 0.5) is 0 Å². The Hall–Kier alpha value is -2.50. The van der Waals surface area contributed by atoms with Gasteiger partial charge in [0, 0.05) is 11.1 Å². The minimum Gasteiger partial charge on any atom is -0.267 e. The predicted molar refractivity (Wildman–Crippen MR) is 82.5 cm³/mol. The van der Waals surface area contributed by atoms with Crippen LogP contribution in [0.3, 0.4) is 0 Å². The van der Waals surface area contributed by atoms with Crippen LogP contribution in [0.25, 0.3) is 10.8 Å². The maximum Gasteiger partial charge on any atom is 0.292 e. The molecule has 1 aromatic heterocycles. The fourth-order valence-electron chi connectivity index (χ4n) is 1.98. The van der Waals surface area contributed by atoms with E-state index in [9.17, 15) is 9.59 Å². The first-order chi connectivity index (χ1) is 10.1. The standard InChI is InChI=1S/C15H18N4O2/c1-3-4-7-10(2)16-19-15(21)13-11-8-5-6-9-12(11)14(20)18-17-13/h5-6,8-9H,3-4,7H2,1-2H3,(H,18,20)(H,19,21)/b16-10-. The van der Waals surface area contributed by atoms with Crippen LogP contribution in [0.2, 0.25) is 0 Å². The van der Waals surface area contributed by atoms with Gasteiger partial charge in [-0.1, -0.05) is 31.5 Å². The molecule has 1 heterocycles. The van der Waals surface area contributed by atoms with Crippen molar-refractivity contribution in [3.05, 3.63) is 40.3 Å². The number of hydrazone groups is 1. The Balaban J connectivity index is 2.24. The van der Waals surface area contributed by atoms with Crippen LogP contribution in [0.15, 0.2) is 34.2 Å². The summed E-state index contributed by atoms with van der Waals surface area (Å²) in [7, 11) is 0. The molecule has 6 nitrogen and oxygen atoms in total. The minimum absolute atomic E-state index is 0.164. The average molecular weight is 286 g/mol. The number of H-pyrrole nitrogens is 1. The Morgan fingerprint density at radius 3 is 2.76 bits per heavy atom. The largest absolute Gasteiger partial charge is 0.292 e. The first-order valence-electron chi connectivity index (χ1n) is 6.94. The van der Waals surface area contributed by atoms with Crippen molar-refractivity contribution < 1.29 is 4.79 Å². The van der Waals surface area contributed by atoms with Gasteiger partial charge in [-0.3, -0.25) is 9.59 Å². The van der Waals surface area contributed by atoms with Gasteiger partial charge in [0.15, 0.2) is 5.69 Å². The van der Waals surface area contributed by atoms with Gasteiger partial charge in [-0.2, -0.15) is 10.2 Å².